The summed E-state index contributed by atoms with van der Waals surface area (Å²) >= 11 is 3.35. The number of aromatic nitrogens is 2. The second-order valence-corrected chi connectivity index (χ2v) is 7.52. The SMILES string of the molecule is COCCn1c(-c2ccc3c(c2)OCO3)cnc1NCc1cc(Br)c(O)c(OC)c1. The zero-order valence-electron chi connectivity index (χ0n) is 16.6. The summed E-state index contributed by atoms with van der Waals surface area (Å²) in [4.78, 5) is 4.57. The van der Waals surface area contributed by atoms with Gasteiger partial charge in [0.25, 0.3) is 0 Å². The van der Waals surface area contributed by atoms with E-state index in [0.29, 0.717) is 35.9 Å². The number of hydrogen-bond acceptors (Lipinski definition) is 7. The molecule has 0 amide bonds. The molecule has 158 valence electrons. The Labute approximate surface area is 182 Å². The minimum atomic E-state index is 0.0768. The number of methoxy groups -OCH3 is 2. The van der Waals surface area contributed by atoms with Crippen LogP contribution in [0.4, 0.5) is 5.95 Å². The lowest BCUT2D eigenvalue weighted by Gasteiger charge is -2.14. The zero-order chi connectivity index (χ0) is 21.1. The maximum Gasteiger partial charge on any atom is 0.231 e. The summed E-state index contributed by atoms with van der Waals surface area (Å²) in [5.74, 6) is 2.66. The molecule has 30 heavy (non-hydrogen) atoms. The molecule has 2 aromatic carbocycles. The Hall–Kier alpha value is -2.91. The summed E-state index contributed by atoms with van der Waals surface area (Å²) in [5.41, 5.74) is 2.85. The third-order valence-electron chi connectivity index (χ3n) is 4.80. The Bertz CT molecular complexity index is 1050. The van der Waals surface area contributed by atoms with Crippen molar-refractivity contribution >= 4 is 21.9 Å². The van der Waals surface area contributed by atoms with Crippen LogP contribution in [0.15, 0.2) is 41.0 Å². The molecule has 4 rings (SSSR count). The fourth-order valence-electron chi connectivity index (χ4n) is 3.28. The Kier molecular flexibility index (Phi) is 6.01. The maximum absolute atomic E-state index is 10.0. The van der Waals surface area contributed by atoms with E-state index in [-0.39, 0.29) is 12.5 Å². The van der Waals surface area contributed by atoms with Gasteiger partial charge >= 0.3 is 0 Å². The van der Waals surface area contributed by atoms with Crippen LogP contribution in [0.3, 0.4) is 0 Å². The molecule has 2 heterocycles. The predicted molar refractivity (Wildman–Crippen MR) is 115 cm³/mol. The Morgan fingerprint density at radius 1 is 1.20 bits per heavy atom. The molecule has 0 radical (unpaired) electrons. The van der Waals surface area contributed by atoms with Crippen LogP contribution in [0, 0.1) is 0 Å². The van der Waals surface area contributed by atoms with Gasteiger partial charge in [-0.2, -0.15) is 0 Å². The Morgan fingerprint density at radius 2 is 2.03 bits per heavy atom. The maximum atomic E-state index is 10.0. The molecule has 1 aliphatic rings. The van der Waals surface area contributed by atoms with Crippen molar-refractivity contribution < 1.29 is 24.1 Å². The standard InChI is InChI=1S/C21H22BrN3O5/c1-27-6-5-25-16(14-3-4-17-18(9-14)30-12-29-17)11-24-21(25)23-10-13-7-15(22)20(26)19(8-13)28-2/h3-4,7-9,11,26H,5-6,10,12H2,1-2H3,(H,23,24). The molecule has 1 aromatic heterocycles. The minimum Gasteiger partial charge on any atom is -0.503 e. The van der Waals surface area contributed by atoms with Gasteiger partial charge in [-0.05, 0) is 51.8 Å². The fraction of sp³-hybridized carbons (Fsp3) is 0.286. The second-order valence-electron chi connectivity index (χ2n) is 6.66. The van der Waals surface area contributed by atoms with Crippen LogP contribution >= 0.6 is 15.9 Å². The average Bonchev–Trinajstić information content (AvgIpc) is 3.38. The largest absolute Gasteiger partial charge is 0.503 e. The molecule has 8 nitrogen and oxygen atoms in total. The molecule has 0 saturated heterocycles. The van der Waals surface area contributed by atoms with Gasteiger partial charge in [-0.15, -0.1) is 0 Å². The van der Waals surface area contributed by atoms with Crippen molar-refractivity contribution in [3.05, 3.63) is 46.6 Å². The van der Waals surface area contributed by atoms with Crippen molar-refractivity contribution in [3.8, 4) is 34.3 Å². The smallest absolute Gasteiger partial charge is 0.231 e. The van der Waals surface area contributed by atoms with Gasteiger partial charge in [0.1, 0.15) is 0 Å². The number of halogens is 1. The van der Waals surface area contributed by atoms with Crippen molar-refractivity contribution in [2.75, 3.05) is 32.9 Å². The number of aromatic hydroxyl groups is 1. The highest BCUT2D eigenvalue weighted by Crippen LogP contribution is 2.37. The fourth-order valence-corrected chi connectivity index (χ4v) is 3.77. The van der Waals surface area contributed by atoms with E-state index in [1.807, 2.05) is 30.5 Å². The van der Waals surface area contributed by atoms with Crippen LogP contribution in [0.2, 0.25) is 0 Å². The van der Waals surface area contributed by atoms with E-state index in [4.69, 9.17) is 18.9 Å². The number of ether oxygens (including phenoxy) is 4. The van der Waals surface area contributed by atoms with Crippen LogP contribution in [-0.2, 0) is 17.8 Å². The molecule has 0 spiro atoms. The molecular formula is C21H22BrN3O5. The van der Waals surface area contributed by atoms with Crippen LogP contribution < -0.4 is 19.5 Å². The Morgan fingerprint density at radius 3 is 2.83 bits per heavy atom. The van der Waals surface area contributed by atoms with E-state index in [1.165, 1.54) is 7.11 Å². The van der Waals surface area contributed by atoms with Gasteiger partial charge in [0.05, 0.1) is 30.1 Å². The first kappa shape index (κ1) is 20.4. The number of phenols is 1. The molecule has 9 heteroatoms. The van der Waals surface area contributed by atoms with E-state index >= 15 is 0 Å². The molecule has 3 aromatic rings. The minimum absolute atomic E-state index is 0.0768. The summed E-state index contributed by atoms with van der Waals surface area (Å²) in [5, 5.41) is 13.4. The number of imidazole rings is 1. The highest BCUT2D eigenvalue weighted by Gasteiger charge is 2.18. The van der Waals surface area contributed by atoms with Crippen molar-refractivity contribution in [1.82, 2.24) is 9.55 Å². The number of fused-ring (bicyclic) bond motifs is 1. The summed E-state index contributed by atoms with van der Waals surface area (Å²) in [6.45, 7) is 1.91. The topological polar surface area (TPSA) is 87.0 Å². The van der Waals surface area contributed by atoms with E-state index in [9.17, 15) is 5.11 Å². The Balaban J connectivity index is 1.60. The third-order valence-corrected chi connectivity index (χ3v) is 5.41. The van der Waals surface area contributed by atoms with Crippen LogP contribution in [0.5, 0.6) is 23.0 Å². The van der Waals surface area contributed by atoms with Crippen molar-refractivity contribution in [1.29, 1.82) is 0 Å². The van der Waals surface area contributed by atoms with Crippen LogP contribution in [0.25, 0.3) is 11.3 Å². The first-order valence-corrected chi connectivity index (χ1v) is 10.1. The third kappa shape index (κ3) is 4.03. The zero-order valence-corrected chi connectivity index (χ0v) is 18.2. The molecule has 0 fully saturated rings. The molecule has 0 atom stereocenters. The van der Waals surface area contributed by atoms with Crippen LogP contribution in [0.1, 0.15) is 5.56 Å². The quantitative estimate of drug-likeness (QED) is 0.508. The molecular weight excluding hydrogens is 454 g/mol. The van der Waals surface area contributed by atoms with Crippen molar-refractivity contribution in [3.63, 3.8) is 0 Å². The molecule has 0 aliphatic carbocycles. The summed E-state index contributed by atoms with van der Waals surface area (Å²) in [7, 11) is 3.19. The molecule has 2 N–H and O–H groups in total. The van der Waals surface area contributed by atoms with Crippen LogP contribution in [-0.4, -0.2) is 42.3 Å². The van der Waals surface area contributed by atoms with Gasteiger partial charge in [0.15, 0.2) is 23.0 Å². The van der Waals surface area contributed by atoms with Gasteiger partial charge in [0.2, 0.25) is 12.7 Å². The van der Waals surface area contributed by atoms with Crippen molar-refractivity contribution in [2.45, 2.75) is 13.1 Å². The van der Waals surface area contributed by atoms with Gasteiger partial charge in [-0.3, -0.25) is 0 Å². The van der Waals surface area contributed by atoms with E-state index < -0.39 is 0 Å². The monoisotopic (exact) mass is 475 g/mol. The highest BCUT2D eigenvalue weighted by atomic mass is 79.9. The summed E-state index contributed by atoms with van der Waals surface area (Å²) in [6, 6.07) is 9.47. The van der Waals surface area contributed by atoms with E-state index in [0.717, 1.165) is 28.3 Å². The first-order chi connectivity index (χ1) is 14.6. The number of nitrogens with one attached hydrogen (secondary N) is 1. The van der Waals surface area contributed by atoms with Gasteiger partial charge in [0, 0.05) is 25.8 Å². The normalized spacial score (nSPS) is 12.2. The van der Waals surface area contributed by atoms with Gasteiger partial charge in [-0.25, -0.2) is 4.98 Å². The molecule has 0 unspecified atom stereocenters. The number of anilines is 1. The number of hydrogen-bond donors (Lipinski definition) is 2. The molecule has 0 saturated carbocycles. The van der Waals surface area contributed by atoms with Gasteiger partial charge < -0.3 is 33.9 Å². The molecule has 1 aliphatic heterocycles. The number of rotatable bonds is 8. The highest BCUT2D eigenvalue weighted by molar-refractivity contribution is 9.10. The van der Waals surface area contributed by atoms with E-state index in [1.54, 1.807) is 13.2 Å². The number of benzene rings is 2. The van der Waals surface area contributed by atoms with E-state index in [2.05, 4.69) is 30.8 Å². The lowest BCUT2D eigenvalue weighted by atomic mass is 10.1. The van der Waals surface area contributed by atoms with Gasteiger partial charge in [-0.1, -0.05) is 0 Å². The molecule has 0 bridgehead atoms. The number of phenolic OH excluding ortho intramolecular Hbond substituents is 1. The predicted octanol–water partition coefficient (Wildman–Crippen LogP) is 4.01. The first-order valence-electron chi connectivity index (χ1n) is 9.34. The summed E-state index contributed by atoms with van der Waals surface area (Å²) < 4.78 is 24.1. The lowest BCUT2D eigenvalue weighted by Crippen LogP contribution is -2.11. The number of nitrogens with zero attached hydrogens (tertiary/aromatic N) is 2. The average molecular weight is 476 g/mol. The summed E-state index contributed by atoms with van der Waals surface area (Å²) in [6.07, 6.45) is 1.82. The van der Waals surface area contributed by atoms with Crippen molar-refractivity contribution in [2.24, 2.45) is 0 Å². The lowest BCUT2D eigenvalue weighted by molar-refractivity contribution is 0.174. The second kappa shape index (κ2) is 8.85.